The number of rotatable bonds is 4. The van der Waals surface area contributed by atoms with Gasteiger partial charge in [-0.15, -0.1) is 0 Å². The molecule has 0 N–H and O–H groups in total. The van der Waals surface area contributed by atoms with Gasteiger partial charge in [0, 0.05) is 37.3 Å². The molecule has 29 heavy (non-hydrogen) atoms. The van der Waals surface area contributed by atoms with E-state index in [4.69, 9.17) is 0 Å². The lowest BCUT2D eigenvalue weighted by molar-refractivity contribution is 0.0664. The van der Waals surface area contributed by atoms with E-state index in [9.17, 15) is 9.59 Å². The van der Waals surface area contributed by atoms with E-state index in [1.165, 1.54) is 6.08 Å². The largest absolute Gasteiger partial charge is 0.336 e. The van der Waals surface area contributed by atoms with Gasteiger partial charge >= 0.3 is 0 Å². The molecule has 1 aliphatic rings. The molecule has 2 aromatic carbocycles. The monoisotopic (exact) mass is 386 g/mol. The van der Waals surface area contributed by atoms with Gasteiger partial charge in [0.2, 0.25) is 0 Å². The minimum absolute atomic E-state index is 0.0130. The lowest BCUT2D eigenvalue weighted by Gasteiger charge is -2.32. The number of para-hydroxylation sites is 2. The number of carbonyl (C=O) groups is 2. The van der Waals surface area contributed by atoms with Crippen molar-refractivity contribution in [1.29, 1.82) is 0 Å². The minimum Gasteiger partial charge on any atom is -0.336 e. The SMILES string of the molecule is CN1CCN(C(=O)c2ccc(C(=O)/C=C/c3cnc4ccccc4n3)cc2)CC1. The zero-order valence-corrected chi connectivity index (χ0v) is 16.3. The third-order valence-corrected chi connectivity index (χ3v) is 5.08. The standard InChI is InChI=1S/C23H22N4O2/c1-26-12-14-27(15-13-26)23(29)18-8-6-17(7-9-18)22(28)11-10-19-16-24-20-4-2-3-5-21(20)25-19/h2-11,16H,12-15H2,1H3/b11-10+. The van der Waals surface area contributed by atoms with Gasteiger partial charge in [0.25, 0.3) is 5.91 Å². The molecule has 0 spiro atoms. The van der Waals surface area contributed by atoms with Gasteiger partial charge in [0.05, 0.1) is 22.9 Å². The molecule has 1 saturated heterocycles. The van der Waals surface area contributed by atoms with Crippen LogP contribution in [-0.4, -0.2) is 64.7 Å². The zero-order valence-electron chi connectivity index (χ0n) is 16.3. The molecule has 0 atom stereocenters. The van der Waals surface area contributed by atoms with Crippen LogP contribution < -0.4 is 0 Å². The highest BCUT2D eigenvalue weighted by Crippen LogP contribution is 2.12. The summed E-state index contributed by atoms with van der Waals surface area (Å²) in [5.74, 6) is -0.127. The Hall–Kier alpha value is -3.38. The molecule has 0 bridgehead atoms. The third kappa shape index (κ3) is 4.38. The van der Waals surface area contributed by atoms with Crippen molar-refractivity contribution < 1.29 is 9.59 Å². The molecule has 0 unspecified atom stereocenters. The van der Waals surface area contributed by atoms with Crippen LogP contribution in [0, 0.1) is 0 Å². The average molecular weight is 386 g/mol. The predicted molar refractivity (Wildman–Crippen MR) is 113 cm³/mol. The fraction of sp³-hybridized carbons (Fsp3) is 0.217. The number of nitrogens with zero attached hydrogens (tertiary/aromatic N) is 4. The van der Waals surface area contributed by atoms with E-state index in [-0.39, 0.29) is 11.7 Å². The van der Waals surface area contributed by atoms with Gasteiger partial charge < -0.3 is 9.80 Å². The fourth-order valence-electron chi connectivity index (χ4n) is 3.28. The van der Waals surface area contributed by atoms with E-state index in [1.54, 1.807) is 36.5 Å². The topological polar surface area (TPSA) is 66.4 Å². The smallest absolute Gasteiger partial charge is 0.253 e. The fourth-order valence-corrected chi connectivity index (χ4v) is 3.28. The van der Waals surface area contributed by atoms with Gasteiger partial charge in [0.1, 0.15) is 0 Å². The van der Waals surface area contributed by atoms with Crippen LogP contribution in [0.2, 0.25) is 0 Å². The second kappa shape index (κ2) is 8.32. The van der Waals surface area contributed by atoms with E-state index in [1.807, 2.05) is 29.2 Å². The normalized spacial score (nSPS) is 15.1. The molecule has 1 fully saturated rings. The van der Waals surface area contributed by atoms with Crippen molar-refractivity contribution in [3.8, 4) is 0 Å². The first-order valence-corrected chi connectivity index (χ1v) is 9.62. The van der Waals surface area contributed by atoms with Gasteiger partial charge in [-0.25, -0.2) is 4.98 Å². The molecule has 2 heterocycles. The van der Waals surface area contributed by atoms with Gasteiger partial charge in [-0.1, -0.05) is 24.3 Å². The maximum Gasteiger partial charge on any atom is 0.253 e. The van der Waals surface area contributed by atoms with E-state index < -0.39 is 0 Å². The molecule has 4 rings (SSSR count). The summed E-state index contributed by atoms with van der Waals surface area (Å²) < 4.78 is 0. The van der Waals surface area contributed by atoms with Crippen molar-refractivity contribution in [3.63, 3.8) is 0 Å². The summed E-state index contributed by atoms with van der Waals surface area (Å²) in [6, 6.07) is 14.4. The Kier molecular flexibility index (Phi) is 5.44. The quantitative estimate of drug-likeness (QED) is 0.510. The number of carbonyl (C=O) groups excluding carboxylic acids is 2. The van der Waals surface area contributed by atoms with Crippen LogP contribution in [0.5, 0.6) is 0 Å². The van der Waals surface area contributed by atoms with E-state index in [0.717, 1.165) is 37.2 Å². The lowest BCUT2D eigenvalue weighted by Crippen LogP contribution is -2.47. The Bertz CT molecular complexity index is 1070. The van der Waals surface area contributed by atoms with Crippen molar-refractivity contribution in [2.45, 2.75) is 0 Å². The van der Waals surface area contributed by atoms with Crippen LogP contribution in [0.4, 0.5) is 0 Å². The molecular weight excluding hydrogens is 364 g/mol. The Morgan fingerprint density at radius 3 is 2.28 bits per heavy atom. The maximum absolute atomic E-state index is 12.6. The number of benzene rings is 2. The first-order valence-electron chi connectivity index (χ1n) is 9.62. The van der Waals surface area contributed by atoms with Crippen LogP contribution in [0.3, 0.4) is 0 Å². The number of fused-ring (bicyclic) bond motifs is 1. The molecule has 146 valence electrons. The van der Waals surface area contributed by atoms with Gasteiger partial charge in [0.15, 0.2) is 5.78 Å². The van der Waals surface area contributed by atoms with E-state index in [0.29, 0.717) is 16.8 Å². The summed E-state index contributed by atoms with van der Waals surface area (Å²) in [5.41, 5.74) is 3.37. The molecule has 1 aliphatic heterocycles. The average Bonchev–Trinajstić information content (AvgIpc) is 2.77. The van der Waals surface area contributed by atoms with Crippen molar-refractivity contribution in [3.05, 3.63) is 77.6 Å². The highest BCUT2D eigenvalue weighted by Gasteiger charge is 2.20. The van der Waals surface area contributed by atoms with E-state index >= 15 is 0 Å². The third-order valence-electron chi connectivity index (χ3n) is 5.08. The van der Waals surface area contributed by atoms with E-state index in [2.05, 4.69) is 21.9 Å². The van der Waals surface area contributed by atoms with Crippen LogP contribution in [0.25, 0.3) is 17.1 Å². The first kappa shape index (κ1) is 19.0. The number of hydrogen-bond acceptors (Lipinski definition) is 5. The van der Waals surface area contributed by atoms with Crippen molar-refractivity contribution >= 4 is 28.8 Å². The predicted octanol–water partition coefficient (Wildman–Crippen LogP) is 2.91. The molecule has 0 aliphatic carbocycles. The van der Waals surface area contributed by atoms with Crippen molar-refractivity contribution in [2.75, 3.05) is 33.2 Å². The Labute approximate surface area is 169 Å². The summed E-state index contributed by atoms with van der Waals surface area (Å²) in [5, 5.41) is 0. The molecular formula is C23H22N4O2. The first-order chi connectivity index (χ1) is 14.1. The second-order valence-corrected chi connectivity index (χ2v) is 7.15. The van der Waals surface area contributed by atoms with Gasteiger partial charge in [-0.05, 0) is 43.5 Å². The zero-order chi connectivity index (χ0) is 20.2. The Balaban J connectivity index is 1.43. The van der Waals surface area contributed by atoms with Crippen molar-refractivity contribution in [2.24, 2.45) is 0 Å². The number of hydrogen-bond donors (Lipinski definition) is 0. The summed E-state index contributed by atoms with van der Waals surface area (Å²) >= 11 is 0. The van der Waals surface area contributed by atoms with Gasteiger partial charge in [-0.2, -0.15) is 0 Å². The number of likely N-dealkylation sites (N-methyl/N-ethyl adjacent to an activating group) is 1. The number of ketones is 1. The van der Waals surface area contributed by atoms with Crippen LogP contribution in [0.1, 0.15) is 26.4 Å². The summed E-state index contributed by atoms with van der Waals surface area (Å²) in [7, 11) is 2.05. The highest BCUT2D eigenvalue weighted by molar-refractivity contribution is 6.07. The molecule has 1 amide bonds. The summed E-state index contributed by atoms with van der Waals surface area (Å²) in [6.07, 6.45) is 4.78. The van der Waals surface area contributed by atoms with Crippen molar-refractivity contribution in [1.82, 2.24) is 19.8 Å². The highest BCUT2D eigenvalue weighted by atomic mass is 16.2. The number of aromatic nitrogens is 2. The number of amides is 1. The van der Waals surface area contributed by atoms with Gasteiger partial charge in [-0.3, -0.25) is 14.6 Å². The molecule has 1 aromatic heterocycles. The van der Waals surface area contributed by atoms with Crippen LogP contribution in [-0.2, 0) is 0 Å². The summed E-state index contributed by atoms with van der Waals surface area (Å²) in [4.78, 5) is 37.9. The molecule has 0 radical (unpaired) electrons. The second-order valence-electron chi connectivity index (χ2n) is 7.15. The van der Waals surface area contributed by atoms with Crippen LogP contribution >= 0.6 is 0 Å². The lowest BCUT2D eigenvalue weighted by atomic mass is 10.1. The molecule has 6 nitrogen and oxygen atoms in total. The van der Waals surface area contributed by atoms with Crippen LogP contribution in [0.15, 0.2) is 60.8 Å². The minimum atomic E-state index is -0.140. The summed E-state index contributed by atoms with van der Waals surface area (Å²) in [6.45, 7) is 3.21. The molecule has 3 aromatic rings. The molecule has 6 heteroatoms. The Morgan fingerprint density at radius 1 is 0.897 bits per heavy atom. The maximum atomic E-state index is 12.6. The molecule has 0 saturated carbocycles. The Morgan fingerprint density at radius 2 is 1.55 bits per heavy atom. The number of allylic oxidation sites excluding steroid dienone is 1. The number of piperazine rings is 1.